The van der Waals surface area contributed by atoms with Gasteiger partial charge in [-0.15, -0.1) is 0 Å². The molecule has 2 aromatic rings. The molecule has 1 aliphatic heterocycles. The lowest BCUT2D eigenvalue weighted by atomic mass is 10.1. The van der Waals surface area contributed by atoms with Gasteiger partial charge in [-0.2, -0.15) is 0 Å². The van der Waals surface area contributed by atoms with Crippen LogP contribution < -0.4 is 14.4 Å². The fraction of sp³-hybridized carbons (Fsp3) is 0.333. The Morgan fingerprint density at radius 2 is 1.70 bits per heavy atom. The van der Waals surface area contributed by atoms with Crippen molar-refractivity contribution in [1.29, 1.82) is 0 Å². The van der Waals surface area contributed by atoms with Crippen LogP contribution in [0, 0.1) is 5.92 Å². The average molecular weight is 368 g/mol. The molecule has 0 spiro atoms. The van der Waals surface area contributed by atoms with E-state index in [1.54, 1.807) is 31.1 Å². The van der Waals surface area contributed by atoms with E-state index in [1.807, 2.05) is 48.5 Å². The maximum absolute atomic E-state index is 12.9. The van der Waals surface area contributed by atoms with Crippen molar-refractivity contribution in [3.05, 3.63) is 54.1 Å². The molecular weight excluding hydrogens is 344 g/mol. The molecule has 2 aromatic carbocycles. The first kappa shape index (κ1) is 18.8. The van der Waals surface area contributed by atoms with Crippen LogP contribution >= 0.6 is 0 Å². The van der Waals surface area contributed by atoms with Crippen LogP contribution in [-0.2, 0) is 16.1 Å². The average Bonchev–Trinajstić information content (AvgIpc) is 3.09. The van der Waals surface area contributed by atoms with Gasteiger partial charge in [0.25, 0.3) is 0 Å². The Morgan fingerprint density at radius 3 is 2.41 bits per heavy atom. The summed E-state index contributed by atoms with van der Waals surface area (Å²) in [4.78, 5) is 28.7. The largest absolute Gasteiger partial charge is 0.496 e. The number of benzene rings is 2. The third-order valence-electron chi connectivity index (χ3n) is 4.83. The molecule has 1 aliphatic rings. The van der Waals surface area contributed by atoms with Crippen LogP contribution in [0.15, 0.2) is 48.5 Å². The van der Waals surface area contributed by atoms with E-state index in [9.17, 15) is 9.59 Å². The molecule has 6 heteroatoms. The Bertz CT molecular complexity index is 836. The van der Waals surface area contributed by atoms with E-state index < -0.39 is 0 Å². The summed E-state index contributed by atoms with van der Waals surface area (Å²) in [7, 11) is 4.94. The highest BCUT2D eigenvalue weighted by Crippen LogP contribution is 2.33. The Hall–Kier alpha value is -3.02. The van der Waals surface area contributed by atoms with E-state index >= 15 is 0 Å². The third-order valence-corrected chi connectivity index (χ3v) is 4.83. The summed E-state index contributed by atoms with van der Waals surface area (Å²) in [6.45, 7) is 0.788. The van der Waals surface area contributed by atoms with Gasteiger partial charge in [-0.3, -0.25) is 9.59 Å². The SMILES string of the molecule is COc1ccccc1CN(C)C(=O)[C@H]1CC(=O)N(c2ccccc2OC)C1. The van der Waals surface area contributed by atoms with Gasteiger partial charge >= 0.3 is 0 Å². The first-order valence-corrected chi connectivity index (χ1v) is 8.85. The molecule has 0 radical (unpaired) electrons. The molecule has 1 atom stereocenters. The summed E-state index contributed by atoms with van der Waals surface area (Å²) in [6, 6.07) is 15.0. The molecule has 6 nitrogen and oxygen atoms in total. The smallest absolute Gasteiger partial charge is 0.228 e. The summed E-state index contributed by atoms with van der Waals surface area (Å²) in [5.41, 5.74) is 1.63. The highest BCUT2D eigenvalue weighted by molar-refractivity contribution is 6.01. The molecular formula is C21H24N2O4. The minimum Gasteiger partial charge on any atom is -0.496 e. The minimum atomic E-state index is -0.373. The van der Waals surface area contributed by atoms with Gasteiger partial charge in [-0.05, 0) is 18.2 Å². The van der Waals surface area contributed by atoms with Crippen molar-refractivity contribution in [1.82, 2.24) is 4.90 Å². The van der Waals surface area contributed by atoms with Crippen LogP contribution in [0.2, 0.25) is 0 Å². The first-order valence-electron chi connectivity index (χ1n) is 8.85. The molecule has 0 unspecified atom stereocenters. The molecule has 0 bridgehead atoms. The van der Waals surface area contributed by atoms with Crippen molar-refractivity contribution in [2.75, 3.05) is 32.7 Å². The molecule has 1 fully saturated rings. The molecule has 0 saturated carbocycles. The lowest BCUT2D eigenvalue weighted by Gasteiger charge is -2.23. The number of hydrogen-bond acceptors (Lipinski definition) is 4. The molecule has 1 saturated heterocycles. The van der Waals surface area contributed by atoms with E-state index in [0.29, 0.717) is 24.5 Å². The number of hydrogen-bond donors (Lipinski definition) is 0. The van der Waals surface area contributed by atoms with E-state index in [-0.39, 0.29) is 24.2 Å². The maximum Gasteiger partial charge on any atom is 0.228 e. The quantitative estimate of drug-likeness (QED) is 0.787. The Balaban J connectivity index is 1.72. The molecule has 0 N–H and O–H groups in total. The van der Waals surface area contributed by atoms with Crippen LogP contribution in [0.5, 0.6) is 11.5 Å². The molecule has 1 heterocycles. The minimum absolute atomic E-state index is 0.0494. The number of ether oxygens (including phenoxy) is 2. The zero-order valence-electron chi connectivity index (χ0n) is 15.8. The summed E-state index contributed by atoms with van der Waals surface area (Å²) in [5.74, 6) is 0.883. The van der Waals surface area contributed by atoms with Gasteiger partial charge in [0.15, 0.2) is 0 Å². The first-order chi connectivity index (χ1) is 13.0. The van der Waals surface area contributed by atoms with Gasteiger partial charge in [0, 0.05) is 32.1 Å². The maximum atomic E-state index is 12.9. The van der Waals surface area contributed by atoms with Gasteiger partial charge in [-0.1, -0.05) is 30.3 Å². The summed E-state index contributed by atoms with van der Waals surface area (Å²) < 4.78 is 10.7. The standard InChI is InChI=1S/C21H24N2O4/c1-22(13-15-8-4-6-10-18(15)26-2)21(25)16-12-20(24)23(14-16)17-9-5-7-11-19(17)27-3/h4-11,16H,12-14H2,1-3H3/t16-/m0/s1. The fourth-order valence-corrected chi connectivity index (χ4v) is 3.44. The van der Waals surface area contributed by atoms with E-state index in [4.69, 9.17) is 9.47 Å². The number of anilines is 1. The van der Waals surface area contributed by atoms with Gasteiger partial charge in [0.05, 0.1) is 25.8 Å². The third kappa shape index (κ3) is 3.89. The van der Waals surface area contributed by atoms with Crippen molar-refractivity contribution in [3.8, 4) is 11.5 Å². The number of rotatable bonds is 6. The second-order valence-electron chi connectivity index (χ2n) is 6.58. The molecule has 3 rings (SSSR count). The Kier molecular flexibility index (Phi) is 5.64. The Labute approximate surface area is 159 Å². The molecule has 142 valence electrons. The van der Waals surface area contributed by atoms with Crippen LogP contribution in [0.1, 0.15) is 12.0 Å². The van der Waals surface area contributed by atoms with Crippen LogP contribution in [0.4, 0.5) is 5.69 Å². The number of nitrogens with zero attached hydrogens (tertiary/aromatic N) is 2. The molecule has 0 aliphatic carbocycles. The van der Waals surface area contributed by atoms with Crippen molar-refractivity contribution in [2.45, 2.75) is 13.0 Å². The number of carbonyl (C=O) groups excluding carboxylic acids is 2. The highest BCUT2D eigenvalue weighted by Gasteiger charge is 2.37. The molecule has 0 aromatic heterocycles. The zero-order chi connectivity index (χ0) is 19.4. The lowest BCUT2D eigenvalue weighted by molar-refractivity contribution is -0.135. The van der Waals surface area contributed by atoms with Crippen molar-refractivity contribution >= 4 is 17.5 Å². The van der Waals surface area contributed by atoms with Gasteiger partial charge < -0.3 is 19.3 Å². The highest BCUT2D eigenvalue weighted by atomic mass is 16.5. The summed E-state index contributed by atoms with van der Waals surface area (Å²) in [6.07, 6.45) is 0.202. The van der Waals surface area contributed by atoms with Crippen LogP contribution in [0.25, 0.3) is 0 Å². The van der Waals surface area contributed by atoms with Crippen molar-refractivity contribution < 1.29 is 19.1 Å². The van der Waals surface area contributed by atoms with Crippen LogP contribution in [0.3, 0.4) is 0 Å². The van der Waals surface area contributed by atoms with Crippen molar-refractivity contribution in [2.24, 2.45) is 5.92 Å². The van der Waals surface area contributed by atoms with Gasteiger partial charge in [-0.25, -0.2) is 0 Å². The predicted octanol–water partition coefficient (Wildman–Crippen LogP) is 2.72. The van der Waals surface area contributed by atoms with E-state index in [2.05, 4.69) is 0 Å². The Morgan fingerprint density at radius 1 is 1.07 bits per heavy atom. The van der Waals surface area contributed by atoms with Gasteiger partial charge in [0.2, 0.25) is 11.8 Å². The lowest BCUT2D eigenvalue weighted by Crippen LogP contribution is -2.34. The number of methoxy groups -OCH3 is 2. The van der Waals surface area contributed by atoms with Crippen LogP contribution in [-0.4, -0.2) is 44.5 Å². The number of para-hydroxylation sites is 3. The number of carbonyl (C=O) groups is 2. The van der Waals surface area contributed by atoms with E-state index in [1.165, 1.54) is 0 Å². The topological polar surface area (TPSA) is 59.1 Å². The zero-order valence-corrected chi connectivity index (χ0v) is 15.8. The van der Waals surface area contributed by atoms with Crippen molar-refractivity contribution in [3.63, 3.8) is 0 Å². The second-order valence-corrected chi connectivity index (χ2v) is 6.58. The monoisotopic (exact) mass is 368 g/mol. The normalized spacial score (nSPS) is 16.3. The predicted molar refractivity (Wildman–Crippen MR) is 103 cm³/mol. The molecule has 2 amide bonds. The molecule has 27 heavy (non-hydrogen) atoms. The summed E-state index contributed by atoms with van der Waals surface area (Å²) in [5, 5.41) is 0. The van der Waals surface area contributed by atoms with Gasteiger partial charge in [0.1, 0.15) is 11.5 Å². The second kappa shape index (κ2) is 8.12. The summed E-state index contributed by atoms with van der Waals surface area (Å²) >= 11 is 0. The van der Waals surface area contributed by atoms with E-state index in [0.717, 1.165) is 11.3 Å². The number of amides is 2. The fourth-order valence-electron chi connectivity index (χ4n) is 3.44.